The van der Waals surface area contributed by atoms with Gasteiger partial charge in [-0.2, -0.15) is 0 Å². The van der Waals surface area contributed by atoms with E-state index in [2.05, 4.69) is 10.3 Å². The number of rotatable bonds is 5. The Bertz CT molecular complexity index is 843. The third-order valence-electron chi connectivity index (χ3n) is 3.75. The van der Waals surface area contributed by atoms with E-state index in [-0.39, 0.29) is 5.56 Å². The molecule has 5 heteroatoms. The number of benzene rings is 2. The molecule has 2 aromatic carbocycles. The molecule has 1 heterocycles. The van der Waals surface area contributed by atoms with Gasteiger partial charge in [-0.25, -0.2) is 9.37 Å². The summed E-state index contributed by atoms with van der Waals surface area (Å²) in [5, 5.41) is 2.73. The second kappa shape index (κ2) is 7.08. The fraction of sp³-hybridized carbons (Fsp3) is 0.158. The minimum absolute atomic E-state index is 0.0588. The fourth-order valence-corrected chi connectivity index (χ4v) is 2.55. The van der Waals surface area contributed by atoms with Crippen LogP contribution in [0.4, 0.5) is 4.39 Å². The molecule has 24 heavy (non-hydrogen) atoms. The molecule has 1 aromatic heterocycles. The molecular weight excluding hydrogens is 305 g/mol. The summed E-state index contributed by atoms with van der Waals surface area (Å²) >= 11 is 0. The van der Waals surface area contributed by atoms with Crippen molar-refractivity contribution in [1.82, 2.24) is 14.9 Å². The molecular formula is C19H18FN3O. The Morgan fingerprint density at radius 3 is 2.58 bits per heavy atom. The van der Waals surface area contributed by atoms with Crippen LogP contribution in [0.2, 0.25) is 0 Å². The van der Waals surface area contributed by atoms with E-state index in [0.717, 1.165) is 17.2 Å². The number of hydrogen-bond donors (Lipinski definition) is 1. The maximum atomic E-state index is 13.6. The Kier molecular flexibility index (Phi) is 4.70. The van der Waals surface area contributed by atoms with E-state index < -0.39 is 11.7 Å². The van der Waals surface area contributed by atoms with E-state index in [1.54, 1.807) is 12.1 Å². The molecule has 0 atom stereocenters. The number of hydrogen-bond acceptors (Lipinski definition) is 2. The highest BCUT2D eigenvalue weighted by atomic mass is 19.1. The first-order valence-electron chi connectivity index (χ1n) is 7.78. The topological polar surface area (TPSA) is 46.9 Å². The molecule has 1 N–H and O–H groups in total. The Balaban J connectivity index is 1.62. The largest absolute Gasteiger partial charge is 0.352 e. The molecule has 0 aliphatic rings. The average Bonchev–Trinajstić information content (AvgIpc) is 2.96. The predicted molar refractivity (Wildman–Crippen MR) is 90.7 cm³/mol. The van der Waals surface area contributed by atoms with Crippen LogP contribution in [0.1, 0.15) is 21.9 Å². The lowest BCUT2D eigenvalue weighted by Crippen LogP contribution is -2.26. The average molecular weight is 323 g/mol. The molecule has 122 valence electrons. The molecule has 3 rings (SSSR count). The summed E-state index contributed by atoms with van der Waals surface area (Å²) < 4.78 is 15.6. The van der Waals surface area contributed by atoms with Crippen molar-refractivity contribution in [2.45, 2.75) is 13.3 Å². The van der Waals surface area contributed by atoms with E-state index >= 15 is 0 Å². The van der Waals surface area contributed by atoms with Crippen LogP contribution >= 0.6 is 0 Å². The van der Waals surface area contributed by atoms with Crippen molar-refractivity contribution in [2.24, 2.45) is 0 Å². The highest BCUT2D eigenvalue weighted by molar-refractivity contribution is 5.94. The van der Waals surface area contributed by atoms with Crippen molar-refractivity contribution in [2.75, 3.05) is 6.54 Å². The summed E-state index contributed by atoms with van der Waals surface area (Å²) in [7, 11) is 0. The molecule has 0 fully saturated rings. The number of carbonyl (C=O) groups excluding carboxylic acids is 1. The summed E-state index contributed by atoms with van der Waals surface area (Å²) in [4.78, 5) is 16.5. The van der Waals surface area contributed by atoms with Crippen LogP contribution in [-0.4, -0.2) is 22.0 Å². The highest BCUT2D eigenvalue weighted by Crippen LogP contribution is 2.12. The minimum atomic E-state index is -0.515. The molecule has 0 aliphatic carbocycles. The van der Waals surface area contributed by atoms with E-state index in [1.165, 1.54) is 12.1 Å². The first kappa shape index (κ1) is 15.9. The van der Waals surface area contributed by atoms with Gasteiger partial charge < -0.3 is 9.88 Å². The van der Waals surface area contributed by atoms with Gasteiger partial charge in [-0.3, -0.25) is 4.79 Å². The van der Waals surface area contributed by atoms with Gasteiger partial charge in [0.2, 0.25) is 0 Å². The van der Waals surface area contributed by atoms with E-state index in [9.17, 15) is 9.18 Å². The van der Waals surface area contributed by atoms with Crippen LogP contribution in [0, 0.1) is 12.7 Å². The molecule has 4 nitrogen and oxygen atoms in total. The molecule has 0 spiro atoms. The fourth-order valence-electron chi connectivity index (χ4n) is 2.55. The number of nitrogens with one attached hydrogen (secondary N) is 1. The van der Waals surface area contributed by atoms with Gasteiger partial charge in [0.05, 0.1) is 11.3 Å². The standard InChI is InChI=1S/C19H18FN3O/c1-14-22-15(13-23(14)16-7-3-2-4-8-16)11-12-21-19(24)17-9-5-6-10-18(17)20/h2-10,13H,11-12H2,1H3,(H,21,24). The van der Waals surface area contributed by atoms with Gasteiger partial charge in [-0.1, -0.05) is 30.3 Å². The van der Waals surface area contributed by atoms with Gasteiger partial charge in [0.25, 0.3) is 5.91 Å². The molecule has 0 radical (unpaired) electrons. The second-order valence-corrected chi connectivity index (χ2v) is 5.47. The number of imidazole rings is 1. The number of aryl methyl sites for hydroxylation is 1. The number of para-hydroxylation sites is 1. The third kappa shape index (κ3) is 3.51. The zero-order valence-corrected chi connectivity index (χ0v) is 13.4. The maximum absolute atomic E-state index is 13.6. The molecule has 0 unspecified atom stereocenters. The lowest BCUT2D eigenvalue weighted by molar-refractivity contribution is 0.0950. The Hall–Kier alpha value is -2.95. The zero-order chi connectivity index (χ0) is 16.9. The van der Waals surface area contributed by atoms with Crippen molar-refractivity contribution in [3.8, 4) is 5.69 Å². The Morgan fingerprint density at radius 2 is 1.83 bits per heavy atom. The Morgan fingerprint density at radius 1 is 1.12 bits per heavy atom. The normalized spacial score (nSPS) is 10.6. The summed E-state index contributed by atoms with van der Waals surface area (Å²) in [6.45, 7) is 2.34. The summed E-state index contributed by atoms with van der Waals surface area (Å²) in [5.74, 6) is -0.0388. The summed E-state index contributed by atoms with van der Waals surface area (Å²) in [6, 6.07) is 15.9. The number of aromatic nitrogens is 2. The third-order valence-corrected chi connectivity index (χ3v) is 3.75. The maximum Gasteiger partial charge on any atom is 0.254 e. The monoisotopic (exact) mass is 323 g/mol. The van der Waals surface area contributed by atoms with Crippen LogP contribution in [0.15, 0.2) is 60.8 Å². The van der Waals surface area contributed by atoms with Gasteiger partial charge >= 0.3 is 0 Å². The first-order valence-corrected chi connectivity index (χ1v) is 7.78. The Labute approximate surface area is 140 Å². The lowest BCUT2D eigenvalue weighted by atomic mass is 10.2. The molecule has 0 bridgehead atoms. The summed E-state index contributed by atoms with van der Waals surface area (Å²) in [5.41, 5.74) is 1.98. The number of halogens is 1. The molecule has 3 aromatic rings. The number of nitrogens with zero attached hydrogens (tertiary/aromatic N) is 2. The van der Waals surface area contributed by atoms with Gasteiger partial charge in [0.1, 0.15) is 11.6 Å². The van der Waals surface area contributed by atoms with Crippen LogP contribution in [0.5, 0.6) is 0 Å². The van der Waals surface area contributed by atoms with Crippen molar-refractivity contribution in [3.05, 3.63) is 83.7 Å². The van der Waals surface area contributed by atoms with Gasteiger partial charge in [-0.05, 0) is 31.2 Å². The minimum Gasteiger partial charge on any atom is -0.352 e. The number of carbonyl (C=O) groups is 1. The van der Waals surface area contributed by atoms with Crippen molar-refractivity contribution in [3.63, 3.8) is 0 Å². The first-order chi connectivity index (χ1) is 11.6. The van der Waals surface area contributed by atoms with Crippen molar-refractivity contribution >= 4 is 5.91 Å². The SMILES string of the molecule is Cc1nc(CCNC(=O)c2ccccc2F)cn1-c1ccccc1. The molecule has 1 amide bonds. The quantitative estimate of drug-likeness (QED) is 0.783. The molecule has 0 saturated heterocycles. The number of amides is 1. The van der Waals surface area contributed by atoms with Crippen molar-refractivity contribution in [1.29, 1.82) is 0 Å². The zero-order valence-electron chi connectivity index (χ0n) is 13.4. The summed E-state index contributed by atoms with van der Waals surface area (Å²) in [6.07, 6.45) is 2.54. The molecule has 0 saturated carbocycles. The van der Waals surface area contributed by atoms with Crippen LogP contribution < -0.4 is 5.32 Å². The van der Waals surface area contributed by atoms with E-state index in [0.29, 0.717) is 13.0 Å². The predicted octanol–water partition coefficient (Wildman–Crippen LogP) is 3.29. The highest BCUT2D eigenvalue weighted by Gasteiger charge is 2.11. The van der Waals surface area contributed by atoms with Crippen LogP contribution in [0.3, 0.4) is 0 Å². The van der Waals surface area contributed by atoms with Crippen LogP contribution in [-0.2, 0) is 6.42 Å². The van der Waals surface area contributed by atoms with Crippen LogP contribution in [0.25, 0.3) is 5.69 Å². The second-order valence-electron chi connectivity index (χ2n) is 5.47. The van der Waals surface area contributed by atoms with E-state index in [4.69, 9.17) is 0 Å². The van der Waals surface area contributed by atoms with Gasteiger partial charge in [0.15, 0.2) is 0 Å². The lowest BCUT2D eigenvalue weighted by Gasteiger charge is -2.05. The smallest absolute Gasteiger partial charge is 0.254 e. The van der Waals surface area contributed by atoms with E-state index in [1.807, 2.05) is 48.0 Å². The molecule has 0 aliphatic heterocycles. The van der Waals surface area contributed by atoms with Gasteiger partial charge in [0, 0.05) is 24.8 Å². The van der Waals surface area contributed by atoms with Crippen molar-refractivity contribution < 1.29 is 9.18 Å². The van der Waals surface area contributed by atoms with Gasteiger partial charge in [-0.15, -0.1) is 0 Å².